The van der Waals surface area contributed by atoms with Crippen LogP contribution in [0.1, 0.15) is 19.3 Å². The molecule has 0 saturated carbocycles. The van der Waals surface area contributed by atoms with Crippen molar-refractivity contribution < 1.29 is 19.0 Å². The van der Waals surface area contributed by atoms with Gasteiger partial charge in [-0.25, -0.2) is 4.39 Å². The summed E-state index contributed by atoms with van der Waals surface area (Å²) in [6.45, 7) is 4.14. The molecule has 5 nitrogen and oxygen atoms in total. The minimum absolute atomic E-state index is 0.0864. The fraction of sp³-hybridized carbons (Fsp3) is 0.632. The molecule has 4 rings (SSSR count). The third kappa shape index (κ3) is 2.91. The molecule has 3 aliphatic heterocycles. The normalized spacial score (nSPS) is 31.1. The number of hydrogen-bond acceptors (Lipinski definition) is 4. The molecule has 2 atom stereocenters. The third-order valence-corrected chi connectivity index (χ3v) is 6.33. The summed E-state index contributed by atoms with van der Waals surface area (Å²) in [4.78, 5) is 16.4. The van der Waals surface area contributed by atoms with E-state index in [1.54, 1.807) is 6.07 Å². The maximum atomic E-state index is 14.0. The number of carboxylic acid groups (broad SMARTS) is 1. The number of piperidine rings is 1. The van der Waals surface area contributed by atoms with Gasteiger partial charge in [-0.2, -0.15) is 0 Å². The number of hydrogen-bond donors (Lipinski definition) is 1. The van der Waals surface area contributed by atoms with Crippen LogP contribution < -0.4 is 4.90 Å². The molecule has 136 valence electrons. The number of anilines is 1. The molecule has 0 amide bonds. The van der Waals surface area contributed by atoms with Crippen molar-refractivity contribution >= 4 is 11.7 Å². The SMILES string of the molecule is O=C(O)[C@]12CCOC[C@H]1CN(C1CCN(c3ccccc3F)CC1)C2. The first-order chi connectivity index (χ1) is 12.1. The summed E-state index contributed by atoms with van der Waals surface area (Å²) >= 11 is 0. The average molecular weight is 348 g/mol. The molecular formula is C19H25FN2O3. The largest absolute Gasteiger partial charge is 0.481 e. The molecule has 6 heteroatoms. The number of rotatable bonds is 3. The number of carbonyl (C=O) groups is 1. The van der Waals surface area contributed by atoms with Crippen molar-refractivity contribution in [3.8, 4) is 0 Å². The van der Waals surface area contributed by atoms with Gasteiger partial charge in [0.2, 0.25) is 0 Å². The standard InChI is InChI=1S/C19H25FN2O3/c20-16-3-1-2-4-17(16)21-8-5-15(6-9-21)22-11-14-12-25-10-7-19(14,13-22)18(23)24/h1-4,14-15H,5-13H2,(H,23,24)/t14-,19+/m1/s1. The van der Waals surface area contributed by atoms with Gasteiger partial charge in [-0.1, -0.05) is 12.1 Å². The van der Waals surface area contributed by atoms with E-state index in [1.165, 1.54) is 6.07 Å². The second-order valence-electron chi connectivity index (χ2n) is 7.58. The van der Waals surface area contributed by atoms with Gasteiger partial charge in [0.05, 0.1) is 17.7 Å². The molecule has 0 bridgehead atoms. The second-order valence-corrected chi connectivity index (χ2v) is 7.58. The smallest absolute Gasteiger partial charge is 0.311 e. The number of likely N-dealkylation sites (tertiary alicyclic amines) is 1. The summed E-state index contributed by atoms with van der Waals surface area (Å²) in [6, 6.07) is 7.29. The lowest BCUT2D eigenvalue weighted by Crippen LogP contribution is -2.47. The quantitative estimate of drug-likeness (QED) is 0.908. The van der Waals surface area contributed by atoms with E-state index in [0.29, 0.717) is 37.9 Å². The van der Waals surface area contributed by atoms with E-state index in [4.69, 9.17) is 4.74 Å². The molecule has 0 aromatic heterocycles. The minimum atomic E-state index is -0.674. The fourth-order valence-electron chi connectivity index (χ4n) is 4.80. The molecule has 1 N–H and O–H groups in total. The Morgan fingerprint density at radius 1 is 1.28 bits per heavy atom. The maximum Gasteiger partial charge on any atom is 0.311 e. The predicted molar refractivity (Wildman–Crippen MR) is 92.2 cm³/mol. The topological polar surface area (TPSA) is 53.0 Å². The number of aliphatic carboxylic acids is 1. The Hall–Kier alpha value is -1.66. The number of halogens is 1. The zero-order valence-corrected chi connectivity index (χ0v) is 14.4. The molecule has 0 radical (unpaired) electrons. The molecule has 3 fully saturated rings. The Morgan fingerprint density at radius 3 is 2.72 bits per heavy atom. The highest BCUT2D eigenvalue weighted by atomic mass is 19.1. The Kier molecular flexibility index (Phi) is 4.41. The van der Waals surface area contributed by atoms with Gasteiger partial charge in [-0.3, -0.25) is 9.69 Å². The minimum Gasteiger partial charge on any atom is -0.481 e. The van der Waals surface area contributed by atoms with Crippen LogP contribution in [0.4, 0.5) is 10.1 Å². The molecule has 0 unspecified atom stereocenters. The highest BCUT2D eigenvalue weighted by Gasteiger charge is 2.54. The van der Waals surface area contributed by atoms with E-state index in [-0.39, 0.29) is 11.7 Å². The highest BCUT2D eigenvalue weighted by molar-refractivity contribution is 5.76. The van der Waals surface area contributed by atoms with Crippen LogP contribution in [0.5, 0.6) is 0 Å². The van der Waals surface area contributed by atoms with Crippen LogP contribution in [0, 0.1) is 17.2 Å². The predicted octanol–water partition coefficient (Wildman–Crippen LogP) is 2.22. The summed E-state index contributed by atoms with van der Waals surface area (Å²) in [5, 5.41) is 9.80. The lowest BCUT2D eigenvalue weighted by Gasteiger charge is -2.38. The van der Waals surface area contributed by atoms with Crippen LogP contribution >= 0.6 is 0 Å². The van der Waals surface area contributed by atoms with E-state index >= 15 is 0 Å². The van der Waals surface area contributed by atoms with E-state index in [9.17, 15) is 14.3 Å². The summed E-state index contributed by atoms with van der Waals surface area (Å²) < 4.78 is 19.5. The Labute approximate surface area is 147 Å². The van der Waals surface area contributed by atoms with Crippen molar-refractivity contribution in [3.05, 3.63) is 30.1 Å². The number of ether oxygens (including phenoxy) is 1. The Bertz CT molecular complexity index is 647. The van der Waals surface area contributed by atoms with Gasteiger partial charge in [-0.15, -0.1) is 0 Å². The van der Waals surface area contributed by atoms with E-state index in [0.717, 1.165) is 32.5 Å². The van der Waals surface area contributed by atoms with Gasteiger partial charge in [0.1, 0.15) is 5.82 Å². The average Bonchev–Trinajstić information content (AvgIpc) is 3.03. The van der Waals surface area contributed by atoms with Gasteiger partial charge in [-0.05, 0) is 31.4 Å². The fourth-order valence-corrected chi connectivity index (χ4v) is 4.80. The van der Waals surface area contributed by atoms with Crippen molar-refractivity contribution in [1.82, 2.24) is 4.90 Å². The summed E-state index contributed by atoms with van der Waals surface area (Å²) in [6.07, 6.45) is 2.49. The van der Waals surface area contributed by atoms with Gasteiger partial charge in [0.15, 0.2) is 0 Å². The van der Waals surface area contributed by atoms with Crippen molar-refractivity contribution in [1.29, 1.82) is 0 Å². The first kappa shape index (κ1) is 16.8. The maximum absolute atomic E-state index is 14.0. The van der Waals surface area contributed by atoms with Gasteiger partial charge >= 0.3 is 5.97 Å². The lowest BCUT2D eigenvalue weighted by molar-refractivity contribution is -0.157. The lowest BCUT2D eigenvalue weighted by atomic mass is 9.74. The third-order valence-electron chi connectivity index (χ3n) is 6.33. The first-order valence-electron chi connectivity index (χ1n) is 9.15. The molecule has 0 spiro atoms. The number of para-hydroxylation sites is 1. The van der Waals surface area contributed by atoms with E-state index in [2.05, 4.69) is 9.80 Å². The van der Waals surface area contributed by atoms with Crippen LogP contribution in [0.3, 0.4) is 0 Å². The first-order valence-corrected chi connectivity index (χ1v) is 9.15. The molecule has 1 aromatic rings. The summed E-state index contributed by atoms with van der Waals surface area (Å²) in [5.74, 6) is -0.759. The second kappa shape index (κ2) is 6.57. The Balaban J connectivity index is 1.42. The van der Waals surface area contributed by atoms with Crippen LogP contribution in [0.2, 0.25) is 0 Å². The van der Waals surface area contributed by atoms with Crippen molar-refractivity contribution in [2.45, 2.75) is 25.3 Å². The highest BCUT2D eigenvalue weighted by Crippen LogP contribution is 2.44. The molecule has 1 aromatic carbocycles. The van der Waals surface area contributed by atoms with Crippen LogP contribution in [0.15, 0.2) is 24.3 Å². The number of carboxylic acids is 1. The van der Waals surface area contributed by atoms with E-state index in [1.807, 2.05) is 12.1 Å². The number of fused-ring (bicyclic) bond motifs is 1. The molecule has 3 heterocycles. The molecule has 3 saturated heterocycles. The number of nitrogens with zero attached hydrogens (tertiary/aromatic N) is 2. The van der Waals surface area contributed by atoms with Gasteiger partial charge in [0.25, 0.3) is 0 Å². The van der Waals surface area contributed by atoms with Gasteiger partial charge < -0.3 is 14.7 Å². The van der Waals surface area contributed by atoms with Crippen molar-refractivity contribution in [2.75, 3.05) is 44.3 Å². The summed E-state index contributed by atoms with van der Waals surface area (Å²) in [5.41, 5.74) is 0.0347. The zero-order valence-electron chi connectivity index (χ0n) is 14.4. The Morgan fingerprint density at radius 2 is 2.04 bits per heavy atom. The summed E-state index contributed by atoms with van der Waals surface area (Å²) in [7, 11) is 0. The van der Waals surface area contributed by atoms with Gasteiger partial charge in [0, 0.05) is 44.7 Å². The van der Waals surface area contributed by atoms with Crippen molar-refractivity contribution in [2.24, 2.45) is 11.3 Å². The van der Waals surface area contributed by atoms with E-state index < -0.39 is 11.4 Å². The monoisotopic (exact) mass is 348 g/mol. The molecule has 25 heavy (non-hydrogen) atoms. The molecule has 3 aliphatic rings. The molecular weight excluding hydrogens is 323 g/mol. The van der Waals surface area contributed by atoms with Crippen LogP contribution in [0.25, 0.3) is 0 Å². The van der Waals surface area contributed by atoms with Crippen LogP contribution in [-0.4, -0.2) is 61.4 Å². The molecule has 0 aliphatic carbocycles. The number of benzene rings is 1. The van der Waals surface area contributed by atoms with Crippen LogP contribution in [-0.2, 0) is 9.53 Å². The zero-order chi connectivity index (χ0) is 17.4. The van der Waals surface area contributed by atoms with Crippen molar-refractivity contribution in [3.63, 3.8) is 0 Å².